The van der Waals surface area contributed by atoms with E-state index in [1.807, 2.05) is 12.1 Å². The second kappa shape index (κ2) is 8.52. The molecule has 3 N–H and O–H groups in total. The summed E-state index contributed by atoms with van der Waals surface area (Å²) < 4.78 is 5.21. The molecule has 1 heterocycles. The average Bonchev–Trinajstić information content (AvgIpc) is 2.55. The second-order valence-corrected chi connectivity index (χ2v) is 9.60. The highest BCUT2D eigenvalue weighted by Gasteiger charge is 2.36. The normalized spacial score (nSPS) is 18.2. The molecular weight excluding hydrogens is 364 g/mol. The third-order valence-corrected chi connectivity index (χ3v) is 5.45. The number of benzene rings is 1. The molecule has 1 unspecified atom stereocenters. The van der Waals surface area contributed by atoms with Crippen LogP contribution >= 0.6 is 11.8 Å². The zero-order valence-corrected chi connectivity index (χ0v) is 17.5. The van der Waals surface area contributed by atoms with E-state index in [1.54, 1.807) is 32.5 Å². The van der Waals surface area contributed by atoms with E-state index in [2.05, 4.69) is 22.8 Å². The number of hydrogen-bond acceptors (Lipinski definition) is 5. The topological polar surface area (TPSA) is 87.7 Å². The van der Waals surface area contributed by atoms with Crippen molar-refractivity contribution in [3.05, 3.63) is 35.4 Å². The van der Waals surface area contributed by atoms with Gasteiger partial charge in [-0.3, -0.25) is 4.79 Å². The molecule has 0 saturated heterocycles. The fraction of sp³-hybridized carbons (Fsp3) is 0.600. The zero-order valence-electron chi connectivity index (χ0n) is 16.7. The minimum absolute atomic E-state index is 0.155. The molecule has 2 rings (SSSR count). The van der Waals surface area contributed by atoms with Gasteiger partial charge in [-0.25, -0.2) is 4.79 Å². The Morgan fingerprint density at radius 1 is 1.26 bits per heavy atom. The predicted molar refractivity (Wildman–Crippen MR) is 108 cm³/mol. The molecule has 1 aliphatic rings. The first-order valence-corrected chi connectivity index (χ1v) is 10.2. The number of ether oxygens (including phenoxy) is 1. The fourth-order valence-electron chi connectivity index (χ4n) is 2.93. The lowest BCUT2D eigenvalue weighted by Gasteiger charge is -2.31. The van der Waals surface area contributed by atoms with Gasteiger partial charge in [-0.05, 0) is 57.9 Å². The first-order valence-electron chi connectivity index (χ1n) is 9.16. The van der Waals surface area contributed by atoms with Crippen molar-refractivity contribution in [3.8, 4) is 0 Å². The van der Waals surface area contributed by atoms with Crippen LogP contribution in [0.25, 0.3) is 0 Å². The number of carbonyl (C=O) groups excluding carboxylic acids is 2. The monoisotopic (exact) mass is 394 g/mol. The van der Waals surface area contributed by atoms with Crippen molar-refractivity contribution in [2.45, 2.75) is 63.5 Å². The number of nitrogens with one attached hydrogen (secondary N) is 2. The number of carbonyl (C=O) groups is 2. The van der Waals surface area contributed by atoms with Crippen LogP contribution in [0.2, 0.25) is 0 Å². The number of amides is 2. The van der Waals surface area contributed by atoms with Crippen LogP contribution in [0.5, 0.6) is 0 Å². The molecule has 0 aliphatic carbocycles. The Balaban J connectivity index is 2.02. The van der Waals surface area contributed by atoms with Gasteiger partial charge in [-0.1, -0.05) is 24.3 Å². The molecule has 6 nitrogen and oxygen atoms in total. The van der Waals surface area contributed by atoms with Crippen LogP contribution in [0.15, 0.2) is 24.3 Å². The Bertz CT molecular complexity index is 679. The summed E-state index contributed by atoms with van der Waals surface area (Å²) in [5.41, 5.74) is 0.418. The summed E-state index contributed by atoms with van der Waals surface area (Å²) in [5.74, 6) is 0.569. The van der Waals surface area contributed by atoms with Gasteiger partial charge in [0.15, 0.2) is 0 Å². The van der Waals surface area contributed by atoms with Gasteiger partial charge in [-0.2, -0.15) is 11.8 Å². The number of alkyl carbamates (subject to hydrolysis) is 1. The molecule has 0 spiro atoms. The third kappa shape index (κ3) is 6.43. The largest absolute Gasteiger partial charge is 0.444 e. The molecule has 150 valence electrons. The van der Waals surface area contributed by atoms with Crippen LogP contribution in [0.3, 0.4) is 0 Å². The van der Waals surface area contributed by atoms with Gasteiger partial charge >= 0.3 is 6.09 Å². The zero-order chi connectivity index (χ0) is 20.2. The first-order chi connectivity index (χ1) is 12.5. The van der Waals surface area contributed by atoms with Crippen molar-refractivity contribution >= 4 is 23.8 Å². The average molecular weight is 395 g/mol. The molecule has 0 saturated carbocycles. The Kier molecular flexibility index (Phi) is 6.81. The van der Waals surface area contributed by atoms with Gasteiger partial charge in [0.05, 0.1) is 5.60 Å². The lowest BCUT2D eigenvalue weighted by Crippen LogP contribution is -2.58. The van der Waals surface area contributed by atoms with Gasteiger partial charge in [0.2, 0.25) is 5.91 Å². The quantitative estimate of drug-likeness (QED) is 0.715. The molecule has 0 radical (unpaired) electrons. The van der Waals surface area contributed by atoms with Crippen LogP contribution in [0.4, 0.5) is 4.79 Å². The van der Waals surface area contributed by atoms with Crippen molar-refractivity contribution in [1.82, 2.24) is 10.6 Å². The number of rotatable bonds is 5. The highest BCUT2D eigenvalue weighted by Crippen LogP contribution is 2.36. The van der Waals surface area contributed by atoms with E-state index < -0.39 is 29.2 Å². The number of aliphatic hydroxyl groups is 1. The van der Waals surface area contributed by atoms with Crippen LogP contribution < -0.4 is 10.6 Å². The standard InChI is InChI=1S/C20H30N2O4S/c1-19(2,3)26-18(24)22-16(20(4,5)25)17(23)21-12-15-14-9-7-6-8-13(14)10-11-27-15/h6-9,15-16,25H,10-12H2,1-5H3,(H,21,23)(H,22,24)/t15?,16-/m1/s1. The Morgan fingerprint density at radius 2 is 1.93 bits per heavy atom. The molecule has 0 fully saturated rings. The van der Waals surface area contributed by atoms with Gasteiger partial charge in [0.25, 0.3) is 0 Å². The first kappa shape index (κ1) is 21.6. The molecule has 2 amide bonds. The van der Waals surface area contributed by atoms with Gasteiger partial charge in [-0.15, -0.1) is 0 Å². The van der Waals surface area contributed by atoms with Crippen LogP contribution in [-0.4, -0.2) is 46.6 Å². The molecule has 1 aromatic rings. The van der Waals surface area contributed by atoms with Crippen molar-refractivity contribution in [2.75, 3.05) is 12.3 Å². The maximum atomic E-state index is 12.7. The molecule has 1 aliphatic heterocycles. The van der Waals surface area contributed by atoms with Gasteiger partial charge in [0.1, 0.15) is 11.6 Å². The van der Waals surface area contributed by atoms with E-state index in [0.29, 0.717) is 6.54 Å². The lowest BCUT2D eigenvalue weighted by molar-refractivity contribution is -0.128. The number of fused-ring (bicyclic) bond motifs is 1. The van der Waals surface area contributed by atoms with E-state index in [9.17, 15) is 14.7 Å². The fourth-order valence-corrected chi connectivity index (χ4v) is 4.16. The van der Waals surface area contributed by atoms with Gasteiger partial charge < -0.3 is 20.5 Å². The van der Waals surface area contributed by atoms with Crippen LogP contribution in [0, 0.1) is 0 Å². The summed E-state index contributed by atoms with van der Waals surface area (Å²) in [4.78, 5) is 24.8. The Morgan fingerprint density at radius 3 is 2.56 bits per heavy atom. The second-order valence-electron chi connectivity index (χ2n) is 8.29. The lowest BCUT2D eigenvalue weighted by atomic mass is 9.97. The molecule has 0 aromatic heterocycles. The van der Waals surface area contributed by atoms with E-state index >= 15 is 0 Å². The molecule has 1 aromatic carbocycles. The maximum Gasteiger partial charge on any atom is 0.408 e. The van der Waals surface area contributed by atoms with E-state index in [-0.39, 0.29) is 5.25 Å². The van der Waals surface area contributed by atoms with E-state index in [0.717, 1.165) is 12.2 Å². The molecule has 2 atom stereocenters. The van der Waals surface area contributed by atoms with Crippen molar-refractivity contribution in [1.29, 1.82) is 0 Å². The highest BCUT2D eigenvalue weighted by atomic mass is 32.2. The molecule has 0 bridgehead atoms. The predicted octanol–water partition coefficient (Wildman–Crippen LogP) is 2.80. The van der Waals surface area contributed by atoms with E-state index in [1.165, 1.54) is 25.0 Å². The Hall–Kier alpha value is -1.73. The van der Waals surface area contributed by atoms with Crippen molar-refractivity contribution in [2.24, 2.45) is 0 Å². The summed E-state index contributed by atoms with van der Waals surface area (Å²) in [5, 5.41) is 15.9. The number of aryl methyl sites for hydroxylation is 1. The SMILES string of the molecule is CC(C)(C)OC(=O)N[C@H](C(=O)NCC1SCCc2ccccc21)C(C)(C)O. The summed E-state index contributed by atoms with van der Waals surface area (Å²) in [6.07, 6.45) is 0.291. The molecular formula is C20H30N2O4S. The van der Waals surface area contributed by atoms with Crippen LogP contribution in [0.1, 0.15) is 51.0 Å². The minimum atomic E-state index is -1.43. The van der Waals surface area contributed by atoms with Gasteiger partial charge in [0, 0.05) is 11.8 Å². The van der Waals surface area contributed by atoms with Crippen molar-refractivity contribution in [3.63, 3.8) is 0 Å². The van der Waals surface area contributed by atoms with Crippen molar-refractivity contribution < 1.29 is 19.4 Å². The summed E-state index contributed by atoms with van der Waals surface area (Å²) in [6.45, 7) is 8.62. The molecule has 7 heteroatoms. The summed E-state index contributed by atoms with van der Waals surface area (Å²) in [6, 6.07) is 7.12. The van der Waals surface area contributed by atoms with Crippen LogP contribution in [-0.2, 0) is 16.0 Å². The summed E-state index contributed by atoms with van der Waals surface area (Å²) >= 11 is 1.80. The highest BCUT2D eigenvalue weighted by molar-refractivity contribution is 7.99. The third-order valence-electron chi connectivity index (χ3n) is 4.18. The maximum absolute atomic E-state index is 12.7. The summed E-state index contributed by atoms with van der Waals surface area (Å²) in [7, 11) is 0. The smallest absolute Gasteiger partial charge is 0.408 e. The Labute approximate surface area is 165 Å². The molecule has 27 heavy (non-hydrogen) atoms. The van der Waals surface area contributed by atoms with E-state index in [4.69, 9.17) is 4.74 Å². The number of hydrogen-bond donors (Lipinski definition) is 3. The minimum Gasteiger partial charge on any atom is -0.444 e. The number of thioether (sulfide) groups is 1.